The normalized spacial score (nSPS) is 10.5. The number of aryl methyl sites for hydroxylation is 2. The Morgan fingerprint density at radius 1 is 1.29 bits per heavy atom. The highest BCUT2D eigenvalue weighted by molar-refractivity contribution is 5.98. The Labute approximate surface area is 121 Å². The van der Waals surface area contributed by atoms with Crippen LogP contribution >= 0.6 is 0 Å². The lowest BCUT2D eigenvalue weighted by Crippen LogP contribution is -2.08. The summed E-state index contributed by atoms with van der Waals surface area (Å²) >= 11 is 0. The molecule has 0 amide bonds. The summed E-state index contributed by atoms with van der Waals surface area (Å²) < 4.78 is 15.0. The number of nitrogens with one attached hydrogen (secondary N) is 1. The van der Waals surface area contributed by atoms with Gasteiger partial charge in [-0.05, 0) is 26.3 Å². The monoisotopic (exact) mass is 292 g/mol. The minimum atomic E-state index is -0.582. The SMILES string of the molecule is COC(=O)c1c(C)[nH]c(C(=O)OCc2ncc(C)o2)c1C. The Hall–Kier alpha value is -2.57. The molecule has 0 radical (unpaired) electrons. The van der Waals surface area contributed by atoms with Gasteiger partial charge in [0.15, 0.2) is 6.61 Å². The Balaban J connectivity index is 2.14. The molecule has 0 atom stereocenters. The number of H-pyrrole nitrogens is 1. The molecule has 0 aliphatic rings. The zero-order chi connectivity index (χ0) is 15.6. The van der Waals surface area contributed by atoms with E-state index < -0.39 is 11.9 Å². The molecule has 7 heteroatoms. The molecule has 0 unspecified atom stereocenters. The number of hydrogen-bond acceptors (Lipinski definition) is 6. The van der Waals surface area contributed by atoms with Gasteiger partial charge in [0.25, 0.3) is 0 Å². The number of oxazole rings is 1. The summed E-state index contributed by atoms with van der Waals surface area (Å²) in [5, 5.41) is 0. The number of ether oxygens (including phenoxy) is 2. The van der Waals surface area contributed by atoms with Gasteiger partial charge in [0, 0.05) is 5.69 Å². The van der Waals surface area contributed by atoms with E-state index >= 15 is 0 Å². The Bertz CT molecular complexity index is 684. The number of rotatable bonds is 4. The molecule has 21 heavy (non-hydrogen) atoms. The van der Waals surface area contributed by atoms with Crippen LogP contribution in [0.4, 0.5) is 0 Å². The van der Waals surface area contributed by atoms with Crippen molar-refractivity contribution >= 4 is 11.9 Å². The highest BCUT2D eigenvalue weighted by atomic mass is 16.5. The highest BCUT2D eigenvalue weighted by Gasteiger charge is 2.23. The minimum Gasteiger partial charge on any atom is -0.465 e. The lowest BCUT2D eigenvalue weighted by atomic mass is 10.1. The molecule has 2 rings (SSSR count). The average molecular weight is 292 g/mol. The second-order valence-corrected chi connectivity index (χ2v) is 4.56. The first-order valence-electron chi connectivity index (χ1n) is 6.30. The van der Waals surface area contributed by atoms with E-state index in [1.54, 1.807) is 27.0 Å². The predicted molar refractivity (Wildman–Crippen MR) is 72.0 cm³/mol. The second kappa shape index (κ2) is 5.82. The van der Waals surface area contributed by atoms with E-state index in [0.717, 1.165) is 0 Å². The molecule has 0 fully saturated rings. The molecule has 2 aromatic rings. The van der Waals surface area contributed by atoms with Crippen molar-refractivity contribution in [3.8, 4) is 0 Å². The zero-order valence-electron chi connectivity index (χ0n) is 12.3. The number of hydrogen-bond donors (Lipinski definition) is 1. The number of carbonyl (C=O) groups excluding carboxylic acids is 2. The molecule has 0 aliphatic carbocycles. The first-order valence-corrected chi connectivity index (χ1v) is 6.30. The zero-order valence-corrected chi connectivity index (χ0v) is 12.3. The highest BCUT2D eigenvalue weighted by Crippen LogP contribution is 2.20. The van der Waals surface area contributed by atoms with Gasteiger partial charge in [0.1, 0.15) is 11.5 Å². The third kappa shape index (κ3) is 2.96. The molecule has 0 saturated heterocycles. The average Bonchev–Trinajstić information content (AvgIpc) is 2.99. The Morgan fingerprint density at radius 3 is 2.57 bits per heavy atom. The van der Waals surface area contributed by atoms with E-state index in [1.165, 1.54) is 7.11 Å². The van der Waals surface area contributed by atoms with Crippen LogP contribution in [-0.4, -0.2) is 29.0 Å². The van der Waals surface area contributed by atoms with Gasteiger partial charge in [-0.1, -0.05) is 0 Å². The summed E-state index contributed by atoms with van der Waals surface area (Å²) in [6.45, 7) is 5.02. The number of methoxy groups -OCH3 is 1. The predicted octanol–water partition coefficient (Wildman–Crippen LogP) is 2.07. The van der Waals surface area contributed by atoms with Crippen molar-refractivity contribution in [2.75, 3.05) is 7.11 Å². The minimum absolute atomic E-state index is 0.0717. The van der Waals surface area contributed by atoms with Crippen LogP contribution in [0.15, 0.2) is 10.6 Å². The molecule has 0 aliphatic heterocycles. The van der Waals surface area contributed by atoms with Gasteiger partial charge < -0.3 is 18.9 Å². The lowest BCUT2D eigenvalue weighted by molar-refractivity contribution is 0.0430. The van der Waals surface area contributed by atoms with Crippen LogP contribution in [0, 0.1) is 20.8 Å². The van der Waals surface area contributed by atoms with Crippen LogP contribution in [0.1, 0.15) is 43.8 Å². The first kappa shape index (κ1) is 14.8. The maximum absolute atomic E-state index is 12.0. The standard InChI is InChI=1S/C14H16N2O5/c1-7-5-15-10(21-7)6-20-14(18)12-8(2)11(9(3)16-12)13(17)19-4/h5,16H,6H2,1-4H3. The summed E-state index contributed by atoms with van der Waals surface area (Å²) in [6, 6.07) is 0. The smallest absolute Gasteiger partial charge is 0.355 e. The van der Waals surface area contributed by atoms with Crippen molar-refractivity contribution < 1.29 is 23.5 Å². The topological polar surface area (TPSA) is 94.4 Å². The van der Waals surface area contributed by atoms with Gasteiger partial charge in [-0.3, -0.25) is 0 Å². The fourth-order valence-electron chi connectivity index (χ4n) is 2.03. The number of nitrogens with zero attached hydrogens (tertiary/aromatic N) is 1. The fraction of sp³-hybridized carbons (Fsp3) is 0.357. The molecule has 2 heterocycles. The van der Waals surface area contributed by atoms with Crippen molar-refractivity contribution in [3.05, 3.63) is 40.4 Å². The van der Waals surface area contributed by atoms with Crippen LogP contribution in [0.3, 0.4) is 0 Å². The molecule has 0 saturated carbocycles. The van der Waals surface area contributed by atoms with Crippen molar-refractivity contribution in [2.24, 2.45) is 0 Å². The van der Waals surface area contributed by atoms with E-state index in [0.29, 0.717) is 28.5 Å². The van der Waals surface area contributed by atoms with E-state index in [4.69, 9.17) is 9.15 Å². The van der Waals surface area contributed by atoms with Gasteiger partial charge >= 0.3 is 11.9 Å². The first-order chi connectivity index (χ1) is 9.93. The maximum atomic E-state index is 12.0. The van der Waals surface area contributed by atoms with Crippen LogP contribution in [-0.2, 0) is 16.1 Å². The van der Waals surface area contributed by atoms with Gasteiger partial charge in [-0.15, -0.1) is 0 Å². The van der Waals surface area contributed by atoms with Crippen molar-refractivity contribution in [1.29, 1.82) is 0 Å². The largest absolute Gasteiger partial charge is 0.465 e. The summed E-state index contributed by atoms with van der Waals surface area (Å²) in [5.41, 5.74) is 1.61. The molecule has 0 spiro atoms. The molecular weight excluding hydrogens is 276 g/mol. The Morgan fingerprint density at radius 2 is 2.00 bits per heavy atom. The summed E-state index contributed by atoms with van der Waals surface area (Å²) in [7, 11) is 1.29. The van der Waals surface area contributed by atoms with E-state index in [9.17, 15) is 9.59 Å². The Kier molecular flexibility index (Phi) is 4.11. The van der Waals surface area contributed by atoms with Gasteiger partial charge in [0.2, 0.25) is 5.89 Å². The molecule has 1 N–H and O–H groups in total. The van der Waals surface area contributed by atoms with Crippen LogP contribution in [0.5, 0.6) is 0 Å². The van der Waals surface area contributed by atoms with E-state index in [2.05, 4.69) is 14.7 Å². The lowest BCUT2D eigenvalue weighted by Gasteiger charge is -2.02. The third-order valence-corrected chi connectivity index (χ3v) is 3.03. The summed E-state index contributed by atoms with van der Waals surface area (Å²) in [6.07, 6.45) is 1.54. The van der Waals surface area contributed by atoms with Crippen molar-refractivity contribution in [3.63, 3.8) is 0 Å². The molecule has 2 aromatic heterocycles. The van der Waals surface area contributed by atoms with Crippen molar-refractivity contribution in [2.45, 2.75) is 27.4 Å². The van der Waals surface area contributed by atoms with E-state index in [-0.39, 0.29) is 12.3 Å². The van der Waals surface area contributed by atoms with E-state index in [1.807, 2.05) is 0 Å². The quantitative estimate of drug-likeness (QED) is 0.867. The van der Waals surface area contributed by atoms with Gasteiger partial charge in [0.05, 0.1) is 18.9 Å². The fourth-order valence-corrected chi connectivity index (χ4v) is 2.03. The number of carbonyl (C=O) groups is 2. The second-order valence-electron chi connectivity index (χ2n) is 4.56. The van der Waals surface area contributed by atoms with Crippen LogP contribution in [0.25, 0.3) is 0 Å². The summed E-state index contributed by atoms with van der Waals surface area (Å²) in [4.78, 5) is 30.5. The molecular formula is C14H16N2O5. The third-order valence-electron chi connectivity index (χ3n) is 3.03. The van der Waals surface area contributed by atoms with Crippen molar-refractivity contribution in [1.82, 2.24) is 9.97 Å². The van der Waals surface area contributed by atoms with Crippen LogP contribution < -0.4 is 0 Å². The maximum Gasteiger partial charge on any atom is 0.355 e. The van der Waals surface area contributed by atoms with Gasteiger partial charge in [-0.2, -0.15) is 0 Å². The summed E-state index contributed by atoms with van der Waals surface area (Å²) in [5.74, 6) is -0.124. The van der Waals surface area contributed by atoms with Crippen LogP contribution in [0.2, 0.25) is 0 Å². The molecule has 7 nitrogen and oxygen atoms in total. The molecule has 0 bridgehead atoms. The number of aromatic nitrogens is 2. The van der Waals surface area contributed by atoms with Gasteiger partial charge in [-0.25, -0.2) is 14.6 Å². The molecule has 112 valence electrons. The molecule has 0 aromatic carbocycles. The number of aromatic amines is 1. The number of esters is 2.